The summed E-state index contributed by atoms with van der Waals surface area (Å²) < 4.78 is 5.52. The molecule has 3 rings (SSSR count). The summed E-state index contributed by atoms with van der Waals surface area (Å²) >= 11 is 0. The number of methoxy groups -OCH3 is 1. The third-order valence-electron chi connectivity index (χ3n) is 4.81. The van der Waals surface area contributed by atoms with Gasteiger partial charge in [-0.05, 0) is 31.7 Å². The molecule has 1 saturated heterocycles. The van der Waals surface area contributed by atoms with Crippen molar-refractivity contribution in [3.8, 4) is 5.75 Å². The van der Waals surface area contributed by atoms with Crippen molar-refractivity contribution < 1.29 is 9.53 Å². The Labute approximate surface area is 143 Å². The molecule has 1 unspecified atom stereocenters. The third kappa shape index (κ3) is 3.15. The van der Waals surface area contributed by atoms with Gasteiger partial charge in [0, 0.05) is 30.8 Å². The molecule has 0 bridgehead atoms. The van der Waals surface area contributed by atoms with Gasteiger partial charge in [0.05, 0.1) is 13.2 Å². The van der Waals surface area contributed by atoms with Crippen LogP contribution in [0, 0.1) is 6.92 Å². The molecule has 0 saturated carbocycles. The Kier molecular flexibility index (Phi) is 4.86. The van der Waals surface area contributed by atoms with Crippen molar-refractivity contribution >= 4 is 5.91 Å². The number of likely N-dealkylation sites (N-methyl/N-ethyl adjacent to an activating group) is 1. The quantitative estimate of drug-likeness (QED) is 0.869. The number of nitrogens with zero attached hydrogens (tertiary/aromatic N) is 2. The van der Waals surface area contributed by atoms with Gasteiger partial charge in [0.1, 0.15) is 5.75 Å². The van der Waals surface area contributed by atoms with E-state index in [1.54, 1.807) is 7.11 Å². The van der Waals surface area contributed by atoms with Gasteiger partial charge in [-0.15, -0.1) is 0 Å². The van der Waals surface area contributed by atoms with Gasteiger partial charge in [0.15, 0.2) is 0 Å². The number of carbonyl (C=O) groups is 1. The largest absolute Gasteiger partial charge is 0.496 e. The van der Waals surface area contributed by atoms with Crippen LogP contribution in [0.5, 0.6) is 5.75 Å². The first-order valence-corrected chi connectivity index (χ1v) is 8.30. The molecule has 1 aliphatic heterocycles. The van der Waals surface area contributed by atoms with E-state index in [0.717, 1.165) is 35.5 Å². The molecule has 2 aromatic rings. The Balaban J connectivity index is 1.86. The van der Waals surface area contributed by atoms with Crippen molar-refractivity contribution in [2.75, 3.05) is 33.8 Å². The van der Waals surface area contributed by atoms with E-state index >= 15 is 0 Å². The predicted octanol–water partition coefficient (Wildman–Crippen LogP) is 3.13. The summed E-state index contributed by atoms with van der Waals surface area (Å²) in [5, 5.41) is 0. The third-order valence-corrected chi connectivity index (χ3v) is 4.81. The maximum Gasteiger partial charge on any atom is 0.254 e. The lowest BCUT2D eigenvalue weighted by Gasteiger charge is -2.40. The van der Waals surface area contributed by atoms with Crippen LogP contribution in [-0.4, -0.2) is 49.5 Å². The highest BCUT2D eigenvalue weighted by molar-refractivity contribution is 5.95. The topological polar surface area (TPSA) is 32.8 Å². The second-order valence-corrected chi connectivity index (χ2v) is 6.30. The number of piperazine rings is 1. The van der Waals surface area contributed by atoms with Gasteiger partial charge in [0.25, 0.3) is 5.91 Å². The molecule has 126 valence electrons. The van der Waals surface area contributed by atoms with Gasteiger partial charge >= 0.3 is 0 Å². The lowest BCUT2D eigenvalue weighted by molar-refractivity contribution is 0.0541. The first-order valence-electron chi connectivity index (χ1n) is 8.30. The number of carbonyl (C=O) groups excluding carboxylic acids is 1. The number of hydrogen-bond donors (Lipinski definition) is 0. The summed E-state index contributed by atoms with van der Waals surface area (Å²) in [6, 6.07) is 16.0. The van der Waals surface area contributed by atoms with E-state index in [9.17, 15) is 4.79 Å². The van der Waals surface area contributed by atoms with Crippen molar-refractivity contribution in [3.05, 3.63) is 65.2 Å². The normalized spacial score (nSPS) is 18.5. The summed E-state index contributed by atoms with van der Waals surface area (Å²) in [5.41, 5.74) is 2.95. The van der Waals surface area contributed by atoms with E-state index in [4.69, 9.17) is 4.74 Å². The van der Waals surface area contributed by atoms with Crippen LogP contribution in [0.3, 0.4) is 0 Å². The van der Waals surface area contributed by atoms with Crippen molar-refractivity contribution in [1.29, 1.82) is 0 Å². The fourth-order valence-corrected chi connectivity index (χ4v) is 3.32. The summed E-state index contributed by atoms with van der Waals surface area (Å²) in [6.45, 7) is 4.25. The first kappa shape index (κ1) is 16.5. The molecular weight excluding hydrogens is 300 g/mol. The minimum absolute atomic E-state index is 0.112. The second-order valence-electron chi connectivity index (χ2n) is 6.30. The monoisotopic (exact) mass is 324 g/mol. The highest BCUT2D eigenvalue weighted by atomic mass is 16.5. The van der Waals surface area contributed by atoms with E-state index in [1.165, 1.54) is 0 Å². The lowest BCUT2D eigenvalue weighted by Crippen LogP contribution is -2.49. The van der Waals surface area contributed by atoms with Crippen LogP contribution >= 0.6 is 0 Å². The SMILES string of the molecule is COc1ccccc1C1CN(C(=O)c2ccccc2C)CCN1C. The van der Waals surface area contributed by atoms with Crippen LogP contribution < -0.4 is 4.74 Å². The van der Waals surface area contributed by atoms with Crippen molar-refractivity contribution in [2.24, 2.45) is 0 Å². The zero-order valence-electron chi connectivity index (χ0n) is 14.5. The summed E-state index contributed by atoms with van der Waals surface area (Å²) in [6.07, 6.45) is 0. The molecule has 0 spiro atoms. The molecule has 0 N–H and O–H groups in total. The lowest BCUT2D eigenvalue weighted by atomic mass is 10.0. The fraction of sp³-hybridized carbons (Fsp3) is 0.350. The molecule has 1 heterocycles. The highest BCUT2D eigenvalue weighted by Crippen LogP contribution is 2.31. The molecule has 1 aliphatic rings. The fourth-order valence-electron chi connectivity index (χ4n) is 3.32. The maximum absolute atomic E-state index is 12.9. The Bertz CT molecular complexity index is 729. The van der Waals surface area contributed by atoms with Crippen molar-refractivity contribution in [1.82, 2.24) is 9.80 Å². The number of hydrogen-bond acceptors (Lipinski definition) is 3. The van der Waals surface area contributed by atoms with Gasteiger partial charge in [-0.25, -0.2) is 0 Å². The van der Waals surface area contributed by atoms with Crippen LogP contribution in [0.2, 0.25) is 0 Å². The average Bonchev–Trinajstić information content (AvgIpc) is 2.62. The Morgan fingerprint density at radius 2 is 1.79 bits per heavy atom. The van der Waals surface area contributed by atoms with Gasteiger partial charge in [-0.2, -0.15) is 0 Å². The minimum atomic E-state index is 0.112. The van der Waals surface area contributed by atoms with E-state index in [-0.39, 0.29) is 11.9 Å². The van der Waals surface area contributed by atoms with E-state index in [1.807, 2.05) is 54.3 Å². The summed E-state index contributed by atoms with van der Waals surface area (Å²) in [4.78, 5) is 17.2. The van der Waals surface area contributed by atoms with Crippen LogP contribution in [0.1, 0.15) is 27.5 Å². The zero-order chi connectivity index (χ0) is 17.1. The molecule has 4 heteroatoms. The molecule has 1 amide bonds. The standard InChI is InChI=1S/C20H24N2O2/c1-15-8-4-5-9-16(15)20(23)22-13-12-21(2)18(14-22)17-10-6-7-11-19(17)24-3/h4-11,18H,12-14H2,1-3H3. The van der Waals surface area contributed by atoms with Gasteiger partial charge in [-0.3, -0.25) is 9.69 Å². The summed E-state index contributed by atoms with van der Waals surface area (Å²) in [7, 11) is 3.80. The highest BCUT2D eigenvalue weighted by Gasteiger charge is 2.30. The molecule has 0 aliphatic carbocycles. The average molecular weight is 324 g/mol. The van der Waals surface area contributed by atoms with Gasteiger partial charge in [0.2, 0.25) is 0 Å². The first-order chi connectivity index (χ1) is 11.6. The van der Waals surface area contributed by atoms with E-state index in [0.29, 0.717) is 6.54 Å². The number of para-hydroxylation sites is 1. The minimum Gasteiger partial charge on any atom is -0.496 e. The zero-order valence-corrected chi connectivity index (χ0v) is 14.5. The molecular formula is C20H24N2O2. The van der Waals surface area contributed by atoms with Crippen LogP contribution in [0.15, 0.2) is 48.5 Å². The second kappa shape index (κ2) is 7.05. The van der Waals surface area contributed by atoms with Crippen LogP contribution in [-0.2, 0) is 0 Å². The Morgan fingerprint density at radius 3 is 2.54 bits per heavy atom. The van der Waals surface area contributed by atoms with Crippen LogP contribution in [0.4, 0.5) is 0 Å². The van der Waals surface area contributed by atoms with Crippen molar-refractivity contribution in [3.63, 3.8) is 0 Å². The molecule has 24 heavy (non-hydrogen) atoms. The Hall–Kier alpha value is -2.33. The molecule has 0 radical (unpaired) electrons. The Morgan fingerprint density at radius 1 is 1.08 bits per heavy atom. The van der Waals surface area contributed by atoms with Crippen molar-refractivity contribution in [2.45, 2.75) is 13.0 Å². The smallest absolute Gasteiger partial charge is 0.254 e. The number of aryl methyl sites for hydroxylation is 1. The maximum atomic E-state index is 12.9. The predicted molar refractivity (Wildman–Crippen MR) is 95.4 cm³/mol. The molecule has 0 aromatic heterocycles. The molecule has 1 atom stereocenters. The molecule has 4 nitrogen and oxygen atoms in total. The number of amides is 1. The van der Waals surface area contributed by atoms with Gasteiger partial charge < -0.3 is 9.64 Å². The number of rotatable bonds is 3. The molecule has 2 aromatic carbocycles. The number of benzene rings is 2. The summed E-state index contributed by atoms with van der Waals surface area (Å²) in [5.74, 6) is 0.987. The number of ether oxygens (including phenoxy) is 1. The van der Waals surface area contributed by atoms with Gasteiger partial charge in [-0.1, -0.05) is 36.4 Å². The van der Waals surface area contributed by atoms with E-state index in [2.05, 4.69) is 18.0 Å². The molecule has 1 fully saturated rings. The van der Waals surface area contributed by atoms with Crippen LogP contribution in [0.25, 0.3) is 0 Å². The van der Waals surface area contributed by atoms with E-state index < -0.39 is 0 Å².